The Balaban J connectivity index is 2.27. The van der Waals surface area contributed by atoms with E-state index in [1.807, 2.05) is 30.7 Å². The molecule has 1 radical (unpaired) electrons. The topological polar surface area (TPSA) is 46.2 Å². The summed E-state index contributed by atoms with van der Waals surface area (Å²) in [5, 5.41) is 0. The van der Waals surface area contributed by atoms with E-state index in [9.17, 15) is 8.42 Å². The Labute approximate surface area is 84.2 Å². The Hall–Kier alpha value is -0.870. The largest absolute Gasteiger partial charge is 0.213 e. The molecule has 4 heteroatoms. The molecular formula is C10H12NO2S. The van der Waals surface area contributed by atoms with Crippen LogP contribution in [0.15, 0.2) is 24.3 Å². The number of hydrogen-bond acceptors (Lipinski definition) is 2. The van der Waals surface area contributed by atoms with Crippen molar-refractivity contribution in [2.75, 3.05) is 6.26 Å². The number of rotatable bonds is 2. The van der Waals surface area contributed by atoms with E-state index in [4.69, 9.17) is 0 Å². The Bertz CT molecular complexity index is 439. The van der Waals surface area contributed by atoms with Crippen molar-refractivity contribution in [1.29, 1.82) is 0 Å². The van der Waals surface area contributed by atoms with Crippen molar-refractivity contribution < 1.29 is 8.42 Å². The smallest absolute Gasteiger partial charge is 0.209 e. The van der Waals surface area contributed by atoms with Crippen molar-refractivity contribution in [2.24, 2.45) is 0 Å². The molecule has 75 valence electrons. The van der Waals surface area contributed by atoms with E-state index >= 15 is 0 Å². The van der Waals surface area contributed by atoms with E-state index < -0.39 is 10.0 Å². The van der Waals surface area contributed by atoms with Crippen LogP contribution in [0.5, 0.6) is 0 Å². The number of nitrogens with one attached hydrogen (secondary N) is 1. The van der Waals surface area contributed by atoms with Gasteiger partial charge in [0.25, 0.3) is 0 Å². The van der Waals surface area contributed by atoms with Gasteiger partial charge in [-0.25, -0.2) is 13.1 Å². The van der Waals surface area contributed by atoms with Crippen molar-refractivity contribution in [1.82, 2.24) is 4.72 Å². The fraction of sp³-hybridized carbons (Fsp3) is 0.300. The zero-order chi connectivity index (χ0) is 10.2. The molecular weight excluding hydrogens is 198 g/mol. The van der Waals surface area contributed by atoms with Gasteiger partial charge in [0.2, 0.25) is 10.0 Å². The fourth-order valence-corrected chi connectivity index (χ4v) is 2.42. The van der Waals surface area contributed by atoms with Gasteiger partial charge < -0.3 is 0 Å². The highest BCUT2D eigenvalue weighted by atomic mass is 32.2. The second-order valence-electron chi connectivity index (χ2n) is 3.51. The normalized spacial score (nSPS) is 20.8. The van der Waals surface area contributed by atoms with E-state index in [0.29, 0.717) is 0 Å². The minimum atomic E-state index is -3.13. The summed E-state index contributed by atoms with van der Waals surface area (Å²) in [6.45, 7) is 0. The molecule has 0 bridgehead atoms. The third-order valence-corrected chi connectivity index (χ3v) is 2.99. The van der Waals surface area contributed by atoms with E-state index in [0.717, 1.165) is 12.0 Å². The highest BCUT2D eigenvalue weighted by Crippen LogP contribution is 2.30. The van der Waals surface area contributed by atoms with Crippen LogP contribution in [0, 0.1) is 6.42 Å². The lowest BCUT2D eigenvalue weighted by atomic mass is 10.1. The quantitative estimate of drug-likeness (QED) is 0.792. The molecule has 0 spiro atoms. The molecule has 1 aromatic carbocycles. The Morgan fingerprint density at radius 2 is 2.07 bits per heavy atom. The van der Waals surface area contributed by atoms with Crippen LogP contribution in [-0.4, -0.2) is 14.7 Å². The van der Waals surface area contributed by atoms with Gasteiger partial charge >= 0.3 is 0 Å². The summed E-state index contributed by atoms with van der Waals surface area (Å²) in [5.41, 5.74) is 2.27. The number of hydrogen-bond donors (Lipinski definition) is 1. The summed E-state index contributed by atoms with van der Waals surface area (Å²) in [6.07, 6.45) is 4.00. The van der Waals surface area contributed by atoms with Crippen molar-refractivity contribution in [3.63, 3.8) is 0 Å². The zero-order valence-electron chi connectivity index (χ0n) is 7.90. The first kappa shape index (κ1) is 9.68. The molecule has 3 nitrogen and oxygen atoms in total. The Kier molecular flexibility index (Phi) is 2.33. The Morgan fingerprint density at radius 3 is 2.79 bits per heavy atom. The van der Waals surface area contributed by atoms with E-state index in [2.05, 4.69) is 4.72 Å². The van der Waals surface area contributed by atoms with Crippen LogP contribution in [0.25, 0.3) is 0 Å². The second kappa shape index (κ2) is 3.37. The number of fused-ring (bicyclic) bond motifs is 1. The molecule has 0 aromatic heterocycles. The molecule has 1 unspecified atom stereocenters. The lowest BCUT2D eigenvalue weighted by Crippen LogP contribution is -2.26. The maximum absolute atomic E-state index is 11.1. The van der Waals surface area contributed by atoms with Crippen LogP contribution in [0.2, 0.25) is 0 Å². The summed E-state index contributed by atoms with van der Waals surface area (Å²) in [7, 11) is -3.13. The maximum atomic E-state index is 11.1. The van der Waals surface area contributed by atoms with Gasteiger partial charge in [0.15, 0.2) is 0 Å². The minimum Gasteiger partial charge on any atom is -0.213 e. The zero-order valence-corrected chi connectivity index (χ0v) is 8.71. The SMILES string of the molecule is CS(=O)(=O)NC1[CH]Cc2ccccc21. The highest BCUT2D eigenvalue weighted by molar-refractivity contribution is 7.88. The second-order valence-corrected chi connectivity index (χ2v) is 5.29. The summed E-state index contributed by atoms with van der Waals surface area (Å²) in [4.78, 5) is 0. The van der Waals surface area contributed by atoms with Gasteiger partial charge in [-0.2, -0.15) is 0 Å². The molecule has 1 atom stereocenters. The molecule has 1 aromatic rings. The van der Waals surface area contributed by atoms with Crippen molar-refractivity contribution >= 4 is 10.0 Å². The van der Waals surface area contributed by atoms with Crippen molar-refractivity contribution in [2.45, 2.75) is 12.5 Å². The maximum Gasteiger partial charge on any atom is 0.209 e. The molecule has 1 aliphatic carbocycles. The molecule has 1 N–H and O–H groups in total. The molecule has 0 fully saturated rings. The van der Waals surface area contributed by atoms with Crippen LogP contribution >= 0.6 is 0 Å². The lowest BCUT2D eigenvalue weighted by Gasteiger charge is -2.11. The summed E-state index contributed by atoms with van der Waals surface area (Å²) in [6, 6.07) is 7.73. The van der Waals surface area contributed by atoms with E-state index in [1.165, 1.54) is 11.8 Å². The average molecular weight is 210 g/mol. The van der Waals surface area contributed by atoms with Gasteiger partial charge in [0, 0.05) is 0 Å². The van der Waals surface area contributed by atoms with Crippen LogP contribution < -0.4 is 4.72 Å². The monoisotopic (exact) mass is 210 g/mol. The summed E-state index contributed by atoms with van der Waals surface area (Å²) in [5.74, 6) is 0. The average Bonchev–Trinajstić information content (AvgIpc) is 2.47. The van der Waals surface area contributed by atoms with Gasteiger partial charge in [-0.1, -0.05) is 24.3 Å². The fourth-order valence-electron chi connectivity index (χ4n) is 1.74. The van der Waals surface area contributed by atoms with Crippen LogP contribution in [-0.2, 0) is 16.4 Å². The van der Waals surface area contributed by atoms with Crippen molar-refractivity contribution in [3.05, 3.63) is 41.8 Å². The third kappa shape index (κ3) is 1.96. The third-order valence-electron chi connectivity index (χ3n) is 2.30. The van der Waals surface area contributed by atoms with E-state index in [-0.39, 0.29) is 6.04 Å². The van der Waals surface area contributed by atoms with E-state index in [1.54, 1.807) is 0 Å². The highest BCUT2D eigenvalue weighted by Gasteiger charge is 2.24. The minimum absolute atomic E-state index is 0.152. The molecule has 2 rings (SSSR count). The number of benzene rings is 1. The first-order valence-electron chi connectivity index (χ1n) is 4.45. The molecule has 0 heterocycles. The predicted octanol–water partition coefficient (Wildman–Crippen LogP) is 1.04. The standard InChI is InChI=1S/C10H12NO2S/c1-14(12,13)11-10-7-6-8-4-2-3-5-9(8)10/h2-5,7,10-11H,6H2,1H3. The van der Waals surface area contributed by atoms with Gasteiger partial charge in [-0.3, -0.25) is 0 Å². The van der Waals surface area contributed by atoms with Gasteiger partial charge in [0.1, 0.15) is 0 Å². The van der Waals surface area contributed by atoms with Gasteiger partial charge in [0.05, 0.1) is 12.3 Å². The molecule has 0 amide bonds. The van der Waals surface area contributed by atoms with Crippen LogP contribution in [0.1, 0.15) is 17.2 Å². The Morgan fingerprint density at radius 1 is 1.36 bits per heavy atom. The summed E-state index contributed by atoms with van der Waals surface area (Å²) < 4.78 is 24.7. The van der Waals surface area contributed by atoms with Crippen LogP contribution in [0.3, 0.4) is 0 Å². The first-order chi connectivity index (χ1) is 6.56. The van der Waals surface area contributed by atoms with Crippen molar-refractivity contribution in [3.8, 4) is 0 Å². The van der Waals surface area contributed by atoms with Crippen LogP contribution in [0.4, 0.5) is 0 Å². The molecule has 0 aliphatic heterocycles. The predicted molar refractivity (Wildman–Crippen MR) is 55.2 cm³/mol. The van der Waals surface area contributed by atoms with Gasteiger partial charge in [-0.05, 0) is 24.0 Å². The molecule has 1 aliphatic rings. The number of sulfonamides is 1. The van der Waals surface area contributed by atoms with Gasteiger partial charge in [-0.15, -0.1) is 0 Å². The molecule has 14 heavy (non-hydrogen) atoms. The summed E-state index contributed by atoms with van der Waals surface area (Å²) >= 11 is 0. The molecule has 0 saturated carbocycles. The molecule has 0 saturated heterocycles. The first-order valence-corrected chi connectivity index (χ1v) is 6.34. The lowest BCUT2D eigenvalue weighted by molar-refractivity contribution is 0.578.